The van der Waals surface area contributed by atoms with Crippen molar-refractivity contribution in [3.63, 3.8) is 0 Å². The molecule has 3 heterocycles. The second-order valence-corrected chi connectivity index (χ2v) is 8.06. The van der Waals surface area contributed by atoms with E-state index < -0.39 is 0 Å². The lowest BCUT2D eigenvalue weighted by Crippen LogP contribution is -1.92. The molecule has 1 saturated carbocycles. The highest BCUT2D eigenvalue weighted by molar-refractivity contribution is 5.92. The van der Waals surface area contributed by atoms with E-state index in [9.17, 15) is 0 Å². The van der Waals surface area contributed by atoms with E-state index in [1.807, 2.05) is 45.3 Å². The van der Waals surface area contributed by atoms with Crippen LogP contribution in [0.5, 0.6) is 0 Å². The van der Waals surface area contributed by atoms with Crippen LogP contribution in [0.3, 0.4) is 0 Å². The van der Waals surface area contributed by atoms with Crippen LogP contribution in [0.4, 0.5) is 5.69 Å². The molecule has 1 aliphatic carbocycles. The van der Waals surface area contributed by atoms with Crippen LogP contribution in [0.15, 0.2) is 29.5 Å². The summed E-state index contributed by atoms with van der Waals surface area (Å²) in [6, 6.07) is 4.02. The standard InChI is InChI=1S/C18H19N5.C4H10/c1-10(2)21-15-6-7-16(22-11(15)3)13-8-20-18-14(13)9-19-17(23-18)12-4-5-12;1-4(2)3/h6-9,12H,4-5H2,1-3H3,(H,19,20,23);4H,1-3H3. The zero-order valence-corrected chi connectivity index (χ0v) is 17.2. The first-order valence-electron chi connectivity index (χ1n) is 9.69. The van der Waals surface area contributed by atoms with Crippen molar-refractivity contribution in [3.05, 3.63) is 36.0 Å². The highest BCUT2D eigenvalue weighted by Gasteiger charge is 2.27. The largest absolute Gasteiger partial charge is 0.345 e. The lowest BCUT2D eigenvalue weighted by atomic mass is 10.1. The van der Waals surface area contributed by atoms with E-state index in [-0.39, 0.29) is 0 Å². The second kappa shape index (κ2) is 7.99. The molecule has 0 atom stereocenters. The smallest absolute Gasteiger partial charge is 0.141 e. The maximum atomic E-state index is 4.71. The molecule has 1 aliphatic rings. The van der Waals surface area contributed by atoms with E-state index >= 15 is 0 Å². The van der Waals surface area contributed by atoms with Crippen molar-refractivity contribution in [2.24, 2.45) is 10.9 Å². The van der Waals surface area contributed by atoms with Gasteiger partial charge < -0.3 is 4.98 Å². The Balaban J connectivity index is 0.000000481. The Morgan fingerprint density at radius 3 is 2.44 bits per heavy atom. The van der Waals surface area contributed by atoms with Crippen molar-refractivity contribution in [2.75, 3.05) is 0 Å². The number of aromatic nitrogens is 4. The number of hydrogen-bond donors (Lipinski definition) is 1. The molecule has 4 rings (SSSR count). The molecule has 0 amide bonds. The Labute approximate surface area is 161 Å². The molecular formula is C22H29N5. The van der Waals surface area contributed by atoms with Gasteiger partial charge in [-0.15, -0.1) is 0 Å². The summed E-state index contributed by atoms with van der Waals surface area (Å²) in [7, 11) is 0. The molecule has 0 unspecified atom stereocenters. The van der Waals surface area contributed by atoms with Crippen molar-refractivity contribution in [2.45, 2.75) is 60.3 Å². The maximum Gasteiger partial charge on any atom is 0.141 e. The van der Waals surface area contributed by atoms with Crippen molar-refractivity contribution in [3.8, 4) is 11.3 Å². The molecule has 0 saturated heterocycles. The van der Waals surface area contributed by atoms with Gasteiger partial charge in [0.15, 0.2) is 0 Å². The molecule has 0 radical (unpaired) electrons. The number of aliphatic imine (C=N–C) groups is 1. The molecule has 0 aliphatic heterocycles. The van der Waals surface area contributed by atoms with Gasteiger partial charge in [-0.3, -0.25) is 9.98 Å². The number of pyridine rings is 1. The van der Waals surface area contributed by atoms with E-state index in [4.69, 9.17) is 4.98 Å². The summed E-state index contributed by atoms with van der Waals surface area (Å²) in [6.07, 6.45) is 6.30. The van der Waals surface area contributed by atoms with E-state index in [0.29, 0.717) is 5.92 Å². The number of aryl methyl sites for hydroxylation is 1. The molecule has 1 fully saturated rings. The molecular weight excluding hydrogens is 334 g/mol. The Morgan fingerprint density at radius 2 is 1.85 bits per heavy atom. The molecule has 5 heteroatoms. The topological polar surface area (TPSA) is 66.8 Å². The van der Waals surface area contributed by atoms with Gasteiger partial charge in [0.2, 0.25) is 0 Å². The van der Waals surface area contributed by atoms with Gasteiger partial charge in [0.05, 0.1) is 17.1 Å². The highest BCUT2D eigenvalue weighted by atomic mass is 15.0. The normalized spacial score (nSPS) is 13.4. The fraction of sp³-hybridized carbons (Fsp3) is 0.455. The molecule has 3 aromatic rings. The quantitative estimate of drug-likeness (QED) is 0.582. The number of nitrogens with one attached hydrogen (secondary N) is 1. The van der Waals surface area contributed by atoms with Gasteiger partial charge in [0.1, 0.15) is 11.5 Å². The summed E-state index contributed by atoms with van der Waals surface area (Å²) in [5.74, 6) is 2.35. The van der Waals surface area contributed by atoms with Crippen molar-refractivity contribution < 1.29 is 0 Å². The van der Waals surface area contributed by atoms with Crippen LogP contribution in [-0.4, -0.2) is 25.6 Å². The van der Waals surface area contributed by atoms with Gasteiger partial charge in [-0.25, -0.2) is 9.97 Å². The van der Waals surface area contributed by atoms with E-state index in [2.05, 4.69) is 40.7 Å². The van der Waals surface area contributed by atoms with Crippen molar-refractivity contribution in [1.82, 2.24) is 19.9 Å². The molecule has 27 heavy (non-hydrogen) atoms. The average molecular weight is 364 g/mol. The maximum absolute atomic E-state index is 4.71. The third-order valence-corrected chi connectivity index (χ3v) is 4.07. The molecule has 1 N–H and O–H groups in total. The highest BCUT2D eigenvalue weighted by Crippen LogP contribution is 2.38. The molecule has 142 valence electrons. The van der Waals surface area contributed by atoms with Crippen LogP contribution in [0.2, 0.25) is 0 Å². The predicted molar refractivity (Wildman–Crippen MR) is 113 cm³/mol. The van der Waals surface area contributed by atoms with Gasteiger partial charge >= 0.3 is 0 Å². The average Bonchev–Trinajstić information content (AvgIpc) is 3.35. The number of hydrogen-bond acceptors (Lipinski definition) is 4. The van der Waals surface area contributed by atoms with E-state index in [1.54, 1.807) is 0 Å². The monoisotopic (exact) mass is 363 g/mol. The van der Waals surface area contributed by atoms with E-state index in [0.717, 1.165) is 51.1 Å². The second-order valence-electron chi connectivity index (χ2n) is 8.06. The molecule has 0 spiro atoms. The Morgan fingerprint density at radius 1 is 1.15 bits per heavy atom. The Kier molecular flexibility index (Phi) is 5.68. The van der Waals surface area contributed by atoms with Gasteiger partial charge in [-0.2, -0.15) is 0 Å². The third-order valence-electron chi connectivity index (χ3n) is 4.07. The SMILES string of the molecule is CC(C)=Nc1ccc(-c2c[nH]c3nc(C4CC4)ncc23)nc1C.CC(C)C. The van der Waals surface area contributed by atoms with E-state index in [1.165, 1.54) is 12.8 Å². The minimum Gasteiger partial charge on any atom is -0.345 e. The zero-order chi connectivity index (χ0) is 19.6. The minimum absolute atomic E-state index is 0.556. The first kappa shape index (κ1) is 19.2. The number of fused-ring (bicyclic) bond motifs is 1. The summed E-state index contributed by atoms with van der Waals surface area (Å²) in [5, 5.41) is 1.02. The first-order valence-corrected chi connectivity index (χ1v) is 9.69. The van der Waals surface area contributed by atoms with Gasteiger partial charge in [-0.05, 0) is 51.7 Å². The summed E-state index contributed by atoms with van der Waals surface area (Å²) < 4.78 is 0. The van der Waals surface area contributed by atoms with Crippen LogP contribution in [0, 0.1) is 12.8 Å². The molecule has 3 aromatic heterocycles. The summed E-state index contributed by atoms with van der Waals surface area (Å²) in [6.45, 7) is 12.5. The summed E-state index contributed by atoms with van der Waals surface area (Å²) in [5.41, 5.74) is 5.71. The van der Waals surface area contributed by atoms with Gasteiger partial charge in [0.25, 0.3) is 0 Å². The van der Waals surface area contributed by atoms with Crippen LogP contribution >= 0.6 is 0 Å². The number of aromatic amines is 1. The molecule has 5 nitrogen and oxygen atoms in total. The zero-order valence-electron chi connectivity index (χ0n) is 17.2. The summed E-state index contributed by atoms with van der Waals surface area (Å²) in [4.78, 5) is 21.6. The molecule has 0 aromatic carbocycles. The molecule has 0 bridgehead atoms. The predicted octanol–water partition coefficient (Wildman–Crippen LogP) is 5.98. The lowest BCUT2D eigenvalue weighted by molar-refractivity contribution is 0.737. The van der Waals surface area contributed by atoms with Gasteiger partial charge in [0, 0.05) is 35.0 Å². The fourth-order valence-corrected chi connectivity index (χ4v) is 2.73. The number of H-pyrrole nitrogens is 1. The first-order chi connectivity index (χ1) is 12.8. The van der Waals surface area contributed by atoms with Crippen LogP contribution in [0.1, 0.15) is 64.9 Å². The minimum atomic E-state index is 0.556. The summed E-state index contributed by atoms with van der Waals surface area (Å²) >= 11 is 0. The van der Waals surface area contributed by atoms with Gasteiger partial charge in [-0.1, -0.05) is 20.8 Å². The van der Waals surface area contributed by atoms with Crippen LogP contribution < -0.4 is 0 Å². The van der Waals surface area contributed by atoms with Crippen molar-refractivity contribution >= 4 is 22.4 Å². The number of rotatable bonds is 3. The Hall–Kier alpha value is -2.56. The third kappa shape index (κ3) is 4.79. The van der Waals surface area contributed by atoms with Crippen LogP contribution in [-0.2, 0) is 0 Å². The Bertz CT molecular complexity index is 957. The lowest BCUT2D eigenvalue weighted by Gasteiger charge is -2.04. The van der Waals surface area contributed by atoms with Crippen LogP contribution in [0.25, 0.3) is 22.3 Å². The fourth-order valence-electron chi connectivity index (χ4n) is 2.73. The van der Waals surface area contributed by atoms with Crippen molar-refractivity contribution in [1.29, 1.82) is 0 Å². The number of nitrogens with zero attached hydrogens (tertiary/aromatic N) is 4.